The molecule has 0 aliphatic carbocycles. The number of ether oxygens (including phenoxy) is 1. The highest BCUT2D eigenvalue weighted by molar-refractivity contribution is 6.21. The highest BCUT2D eigenvalue weighted by Gasteiger charge is 2.10. The fourth-order valence-corrected chi connectivity index (χ4v) is 2.84. The monoisotopic (exact) mass is 296 g/mol. The van der Waals surface area contributed by atoms with Gasteiger partial charge in [-0.3, -0.25) is 0 Å². The number of hydrogen-bond donors (Lipinski definition) is 0. The van der Waals surface area contributed by atoms with Gasteiger partial charge in [0.1, 0.15) is 5.75 Å². The van der Waals surface area contributed by atoms with Crippen LogP contribution in [-0.4, -0.2) is 7.11 Å². The van der Waals surface area contributed by atoms with Crippen LogP contribution < -0.4 is 4.74 Å². The first-order valence-electron chi connectivity index (χ1n) is 7.02. The molecule has 0 heterocycles. The van der Waals surface area contributed by atoms with Crippen molar-refractivity contribution in [2.45, 2.75) is 11.8 Å². The maximum atomic E-state index is 6.60. The first kappa shape index (κ1) is 14.0. The van der Waals surface area contributed by atoms with Gasteiger partial charge < -0.3 is 4.74 Å². The topological polar surface area (TPSA) is 9.23 Å². The molecule has 0 aliphatic heterocycles. The fourth-order valence-electron chi connectivity index (χ4n) is 2.53. The highest BCUT2D eigenvalue weighted by atomic mass is 35.5. The summed E-state index contributed by atoms with van der Waals surface area (Å²) in [5, 5.41) is 2.43. The molecule has 3 aromatic rings. The molecule has 0 amide bonds. The predicted molar refractivity (Wildman–Crippen MR) is 89.2 cm³/mol. The zero-order valence-electron chi connectivity index (χ0n) is 11.9. The van der Waals surface area contributed by atoms with Crippen LogP contribution in [-0.2, 0) is 6.42 Å². The number of benzene rings is 3. The Morgan fingerprint density at radius 3 is 2.52 bits per heavy atom. The van der Waals surface area contributed by atoms with Crippen LogP contribution >= 0.6 is 11.6 Å². The molecule has 1 unspecified atom stereocenters. The van der Waals surface area contributed by atoms with Crippen LogP contribution in [0.5, 0.6) is 5.75 Å². The third-order valence-corrected chi connectivity index (χ3v) is 4.09. The molecule has 2 heteroatoms. The largest absolute Gasteiger partial charge is 0.497 e. The fraction of sp³-hybridized carbons (Fsp3) is 0.158. The molecule has 0 N–H and O–H groups in total. The first-order valence-corrected chi connectivity index (χ1v) is 7.45. The molecule has 3 aromatic carbocycles. The Bertz CT molecular complexity index is 751. The summed E-state index contributed by atoms with van der Waals surface area (Å²) >= 11 is 6.60. The van der Waals surface area contributed by atoms with Gasteiger partial charge in [0.2, 0.25) is 0 Å². The Morgan fingerprint density at radius 2 is 1.71 bits per heavy atom. The highest BCUT2D eigenvalue weighted by Crippen LogP contribution is 2.28. The average molecular weight is 297 g/mol. The normalized spacial score (nSPS) is 12.3. The smallest absolute Gasteiger partial charge is 0.119 e. The molecule has 0 fully saturated rings. The molecule has 0 bridgehead atoms. The number of halogens is 1. The molecule has 1 nitrogen and oxygen atoms in total. The number of methoxy groups -OCH3 is 1. The average Bonchev–Trinajstić information content (AvgIpc) is 2.54. The molecule has 21 heavy (non-hydrogen) atoms. The van der Waals surface area contributed by atoms with Crippen LogP contribution in [0, 0.1) is 0 Å². The van der Waals surface area contributed by atoms with E-state index in [9.17, 15) is 0 Å². The number of fused-ring (bicyclic) bond motifs is 1. The van der Waals surface area contributed by atoms with E-state index in [-0.39, 0.29) is 5.38 Å². The lowest BCUT2D eigenvalue weighted by atomic mass is 10.0. The molecule has 0 spiro atoms. The summed E-state index contributed by atoms with van der Waals surface area (Å²) in [5.74, 6) is 0.870. The van der Waals surface area contributed by atoms with Gasteiger partial charge in [-0.15, -0.1) is 11.6 Å². The molecule has 0 saturated heterocycles. The van der Waals surface area contributed by atoms with Crippen molar-refractivity contribution >= 4 is 22.4 Å². The van der Waals surface area contributed by atoms with E-state index in [4.69, 9.17) is 16.3 Å². The van der Waals surface area contributed by atoms with Crippen molar-refractivity contribution in [1.29, 1.82) is 0 Å². The summed E-state index contributed by atoms with van der Waals surface area (Å²) in [6.45, 7) is 0. The number of hydrogen-bond acceptors (Lipinski definition) is 1. The van der Waals surface area contributed by atoms with Crippen LogP contribution in [0.3, 0.4) is 0 Å². The maximum Gasteiger partial charge on any atom is 0.119 e. The third kappa shape index (κ3) is 3.20. The molecule has 0 aliphatic rings. The van der Waals surface area contributed by atoms with Crippen molar-refractivity contribution in [3.8, 4) is 5.75 Å². The first-order chi connectivity index (χ1) is 10.3. The second-order valence-corrected chi connectivity index (χ2v) is 5.66. The van der Waals surface area contributed by atoms with E-state index >= 15 is 0 Å². The van der Waals surface area contributed by atoms with Crippen molar-refractivity contribution in [2.24, 2.45) is 0 Å². The molecular weight excluding hydrogens is 280 g/mol. The molecular formula is C19H17ClO. The van der Waals surface area contributed by atoms with Gasteiger partial charge in [-0.05, 0) is 46.5 Å². The van der Waals surface area contributed by atoms with Gasteiger partial charge in [-0.25, -0.2) is 0 Å². The van der Waals surface area contributed by atoms with Crippen LogP contribution in [0.2, 0.25) is 0 Å². The second kappa shape index (κ2) is 6.19. The maximum absolute atomic E-state index is 6.60. The van der Waals surface area contributed by atoms with Gasteiger partial charge in [-0.2, -0.15) is 0 Å². The minimum Gasteiger partial charge on any atom is -0.497 e. The van der Waals surface area contributed by atoms with Crippen molar-refractivity contribution in [1.82, 2.24) is 0 Å². The van der Waals surface area contributed by atoms with E-state index in [0.29, 0.717) is 0 Å². The zero-order valence-corrected chi connectivity index (χ0v) is 12.7. The minimum absolute atomic E-state index is 0.0401. The quantitative estimate of drug-likeness (QED) is 0.588. The summed E-state index contributed by atoms with van der Waals surface area (Å²) in [5.41, 5.74) is 2.33. The molecule has 1 atom stereocenters. The van der Waals surface area contributed by atoms with Crippen molar-refractivity contribution in [3.05, 3.63) is 77.9 Å². The van der Waals surface area contributed by atoms with Crippen LogP contribution in [0.15, 0.2) is 66.7 Å². The Kier molecular flexibility index (Phi) is 4.12. The van der Waals surface area contributed by atoms with Gasteiger partial charge in [0.25, 0.3) is 0 Å². The Morgan fingerprint density at radius 1 is 0.905 bits per heavy atom. The number of alkyl halides is 1. The van der Waals surface area contributed by atoms with E-state index in [2.05, 4.69) is 48.5 Å². The summed E-state index contributed by atoms with van der Waals surface area (Å²) in [6.07, 6.45) is 0.789. The zero-order chi connectivity index (χ0) is 14.7. The lowest BCUT2D eigenvalue weighted by Gasteiger charge is -2.12. The predicted octanol–water partition coefficient (Wildman–Crippen LogP) is 5.37. The standard InChI is InChI=1S/C19H17ClO/c1-21-18-8-4-5-14(11-18)12-19(20)17-10-9-15-6-2-3-7-16(15)13-17/h2-11,13,19H,12H2,1H3. The SMILES string of the molecule is COc1cccc(CC(Cl)c2ccc3ccccc3c2)c1. The minimum atomic E-state index is -0.0401. The van der Waals surface area contributed by atoms with Gasteiger partial charge in [-0.1, -0.05) is 48.5 Å². The summed E-state index contributed by atoms with van der Waals surface area (Å²) in [6, 6.07) is 22.8. The van der Waals surface area contributed by atoms with E-state index in [1.165, 1.54) is 16.3 Å². The van der Waals surface area contributed by atoms with E-state index < -0.39 is 0 Å². The lowest BCUT2D eigenvalue weighted by molar-refractivity contribution is 0.414. The van der Waals surface area contributed by atoms with Crippen LogP contribution in [0.1, 0.15) is 16.5 Å². The van der Waals surface area contributed by atoms with Gasteiger partial charge >= 0.3 is 0 Å². The third-order valence-electron chi connectivity index (χ3n) is 3.68. The Hall–Kier alpha value is -1.99. The number of rotatable bonds is 4. The summed E-state index contributed by atoms with van der Waals surface area (Å²) in [7, 11) is 1.68. The van der Waals surface area contributed by atoms with Gasteiger partial charge in [0.15, 0.2) is 0 Å². The van der Waals surface area contributed by atoms with Crippen molar-refractivity contribution in [2.75, 3.05) is 7.11 Å². The second-order valence-electron chi connectivity index (χ2n) is 5.13. The van der Waals surface area contributed by atoms with Gasteiger partial charge in [0, 0.05) is 0 Å². The summed E-state index contributed by atoms with van der Waals surface area (Å²) < 4.78 is 5.26. The lowest BCUT2D eigenvalue weighted by Crippen LogP contribution is -1.96. The summed E-state index contributed by atoms with van der Waals surface area (Å²) in [4.78, 5) is 0. The Balaban J connectivity index is 1.84. The molecule has 3 rings (SSSR count). The van der Waals surface area contributed by atoms with E-state index in [0.717, 1.165) is 17.7 Å². The molecule has 0 radical (unpaired) electrons. The molecule has 106 valence electrons. The van der Waals surface area contributed by atoms with E-state index in [1.807, 2.05) is 18.2 Å². The van der Waals surface area contributed by atoms with Crippen molar-refractivity contribution < 1.29 is 4.74 Å². The Labute approximate surface area is 130 Å². The molecule has 0 aromatic heterocycles. The molecule has 0 saturated carbocycles. The van der Waals surface area contributed by atoms with Crippen LogP contribution in [0.4, 0.5) is 0 Å². The van der Waals surface area contributed by atoms with E-state index in [1.54, 1.807) is 7.11 Å². The van der Waals surface area contributed by atoms with Crippen LogP contribution in [0.25, 0.3) is 10.8 Å². The van der Waals surface area contributed by atoms with Gasteiger partial charge in [0.05, 0.1) is 12.5 Å². The van der Waals surface area contributed by atoms with Crippen molar-refractivity contribution in [3.63, 3.8) is 0 Å².